The minimum atomic E-state index is -0.632. The first-order chi connectivity index (χ1) is 13.6. The van der Waals surface area contributed by atoms with Crippen molar-refractivity contribution < 1.29 is 14.3 Å². The number of hydrogen-bond acceptors (Lipinski definition) is 3. The van der Waals surface area contributed by atoms with Crippen molar-refractivity contribution in [3.8, 4) is 5.75 Å². The number of nitrogens with one attached hydrogen (secondary N) is 1. The summed E-state index contributed by atoms with van der Waals surface area (Å²) in [5, 5.41) is 3.53. The fraction of sp³-hybridized carbons (Fsp3) is 0.391. The molecule has 0 aliphatic rings. The van der Waals surface area contributed by atoms with Crippen LogP contribution in [-0.2, 0) is 22.6 Å². The Labute approximate surface area is 178 Å². The number of ether oxygens (including phenoxy) is 1. The third-order valence-corrected chi connectivity index (χ3v) is 4.63. The number of rotatable bonds is 7. The monoisotopic (exact) mass is 416 g/mol. The number of benzene rings is 2. The van der Waals surface area contributed by atoms with Crippen LogP contribution in [0.3, 0.4) is 0 Å². The van der Waals surface area contributed by atoms with Crippen LogP contribution in [0.25, 0.3) is 0 Å². The number of methoxy groups -OCH3 is 1. The predicted octanol–water partition coefficient (Wildman–Crippen LogP) is 4.22. The summed E-state index contributed by atoms with van der Waals surface area (Å²) in [6.07, 6.45) is 0.164. The Morgan fingerprint density at radius 3 is 2.38 bits per heavy atom. The fourth-order valence-corrected chi connectivity index (χ4v) is 3.16. The van der Waals surface area contributed by atoms with Crippen molar-refractivity contribution in [1.82, 2.24) is 10.2 Å². The van der Waals surface area contributed by atoms with Crippen LogP contribution in [0.5, 0.6) is 5.75 Å². The van der Waals surface area contributed by atoms with Crippen LogP contribution in [-0.4, -0.2) is 35.4 Å². The Kier molecular flexibility index (Phi) is 7.68. The molecular formula is C23H29ClN2O3. The summed E-state index contributed by atoms with van der Waals surface area (Å²) in [7, 11) is 1.60. The quantitative estimate of drug-likeness (QED) is 0.735. The molecule has 0 spiro atoms. The number of carbonyl (C=O) groups excluding carboxylic acids is 2. The van der Waals surface area contributed by atoms with Gasteiger partial charge in [-0.25, -0.2) is 0 Å². The van der Waals surface area contributed by atoms with Crippen LogP contribution in [0.4, 0.5) is 0 Å². The molecule has 0 fully saturated rings. The molecule has 0 aromatic heterocycles. The van der Waals surface area contributed by atoms with Gasteiger partial charge in [0.05, 0.1) is 13.5 Å². The molecule has 6 heteroatoms. The average Bonchev–Trinajstić information content (AvgIpc) is 2.64. The lowest BCUT2D eigenvalue weighted by Gasteiger charge is -2.31. The zero-order valence-electron chi connectivity index (χ0n) is 17.7. The first-order valence-electron chi connectivity index (χ1n) is 9.58. The van der Waals surface area contributed by atoms with Crippen molar-refractivity contribution in [2.75, 3.05) is 7.11 Å². The maximum Gasteiger partial charge on any atom is 0.242 e. The van der Waals surface area contributed by atoms with Crippen molar-refractivity contribution in [3.05, 3.63) is 64.7 Å². The highest BCUT2D eigenvalue weighted by Gasteiger charge is 2.28. The maximum absolute atomic E-state index is 13.2. The first kappa shape index (κ1) is 22.8. The molecule has 0 bridgehead atoms. The Morgan fingerprint density at radius 1 is 1.10 bits per heavy atom. The maximum atomic E-state index is 13.2. The van der Waals surface area contributed by atoms with Crippen molar-refractivity contribution in [3.63, 3.8) is 0 Å². The number of halogens is 1. The molecule has 1 atom stereocenters. The molecule has 1 N–H and O–H groups in total. The Hall–Kier alpha value is -2.53. The van der Waals surface area contributed by atoms with Gasteiger partial charge in [-0.15, -0.1) is 0 Å². The molecule has 0 aliphatic carbocycles. The molecular weight excluding hydrogens is 388 g/mol. The van der Waals surface area contributed by atoms with Gasteiger partial charge in [-0.3, -0.25) is 9.59 Å². The van der Waals surface area contributed by atoms with Gasteiger partial charge in [0.15, 0.2) is 0 Å². The number of hydrogen-bond donors (Lipinski definition) is 1. The van der Waals surface area contributed by atoms with E-state index in [1.54, 1.807) is 31.1 Å². The molecule has 2 amide bonds. The van der Waals surface area contributed by atoms with Crippen LogP contribution in [0.15, 0.2) is 48.5 Å². The van der Waals surface area contributed by atoms with Gasteiger partial charge in [-0.2, -0.15) is 0 Å². The van der Waals surface area contributed by atoms with E-state index in [2.05, 4.69) is 5.32 Å². The molecule has 0 radical (unpaired) electrons. The van der Waals surface area contributed by atoms with E-state index in [9.17, 15) is 9.59 Å². The Balaban J connectivity index is 2.27. The van der Waals surface area contributed by atoms with Gasteiger partial charge in [0, 0.05) is 17.1 Å². The van der Waals surface area contributed by atoms with Gasteiger partial charge in [-0.05, 0) is 63.1 Å². The van der Waals surface area contributed by atoms with Crippen LogP contribution < -0.4 is 10.1 Å². The molecule has 0 saturated heterocycles. The molecule has 5 nitrogen and oxygen atoms in total. The standard InChI is InChI=1S/C23H29ClN2O3/c1-16(22(28)25-23(2,3)4)26(15-18-9-7-11-20(13-18)29-5)21(27)14-17-8-6-10-19(24)12-17/h6-13,16H,14-15H2,1-5H3,(H,25,28)/t16-/m0/s1. The van der Waals surface area contributed by atoms with Gasteiger partial charge < -0.3 is 15.0 Å². The van der Waals surface area contributed by atoms with Crippen molar-refractivity contribution in [1.29, 1.82) is 0 Å². The van der Waals surface area contributed by atoms with Crippen LogP contribution >= 0.6 is 11.6 Å². The van der Waals surface area contributed by atoms with Gasteiger partial charge in [0.1, 0.15) is 11.8 Å². The van der Waals surface area contributed by atoms with Gasteiger partial charge in [0.2, 0.25) is 11.8 Å². The van der Waals surface area contributed by atoms with E-state index in [-0.39, 0.29) is 23.8 Å². The summed E-state index contributed by atoms with van der Waals surface area (Å²) in [5.41, 5.74) is 1.31. The predicted molar refractivity (Wildman–Crippen MR) is 116 cm³/mol. The van der Waals surface area contributed by atoms with E-state index in [1.165, 1.54) is 0 Å². The fourth-order valence-electron chi connectivity index (χ4n) is 2.95. The molecule has 2 aromatic rings. The van der Waals surface area contributed by atoms with Crippen molar-refractivity contribution in [2.45, 2.75) is 52.2 Å². The largest absolute Gasteiger partial charge is 0.497 e. The highest BCUT2D eigenvalue weighted by Crippen LogP contribution is 2.18. The van der Waals surface area contributed by atoms with Gasteiger partial charge in [-0.1, -0.05) is 35.9 Å². The molecule has 156 valence electrons. The number of carbonyl (C=O) groups is 2. The minimum absolute atomic E-state index is 0.147. The molecule has 0 unspecified atom stereocenters. The highest BCUT2D eigenvalue weighted by molar-refractivity contribution is 6.30. The van der Waals surface area contributed by atoms with Crippen LogP contribution in [0, 0.1) is 0 Å². The topological polar surface area (TPSA) is 58.6 Å². The second-order valence-corrected chi connectivity index (χ2v) is 8.53. The summed E-state index contributed by atoms with van der Waals surface area (Å²) >= 11 is 6.05. The molecule has 0 aliphatic heterocycles. The van der Waals surface area contributed by atoms with E-state index < -0.39 is 6.04 Å². The van der Waals surface area contributed by atoms with Gasteiger partial charge in [0.25, 0.3) is 0 Å². The minimum Gasteiger partial charge on any atom is -0.497 e. The lowest BCUT2D eigenvalue weighted by atomic mass is 10.1. The van der Waals surface area contributed by atoms with E-state index >= 15 is 0 Å². The van der Waals surface area contributed by atoms with E-state index in [4.69, 9.17) is 16.3 Å². The Morgan fingerprint density at radius 2 is 1.76 bits per heavy atom. The smallest absolute Gasteiger partial charge is 0.242 e. The summed E-state index contributed by atoms with van der Waals surface area (Å²) in [4.78, 5) is 27.5. The van der Waals surface area contributed by atoms with Crippen LogP contribution in [0.1, 0.15) is 38.8 Å². The van der Waals surface area contributed by atoms with E-state index in [0.717, 1.165) is 11.1 Å². The van der Waals surface area contributed by atoms with Crippen LogP contribution in [0.2, 0.25) is 5.02 Å². The van der Waals surface area contributed by atoms with E-state index in [1.807, 2.05) is 57.2 Å². The lowest BCUT2D eigenvalue weighted by Crippen LogP contribution is -2.52. The van der Waals surface area contributed by atoms with Crippen molar-refractivity contribution >= 4 is 23.4 Å². The average molecular weight is 417 g/mol. The normalized spacial score (nSPS) is 12.2. The number of nitrogens with zero attached hydrogens (tertiary/aromatic N) is 1. The molecule has 0 saturated carbocycles. The third-order valence-electron chi connectivity index (χ3n) is 4.40. The Bertz CT molecular complexity index is 861. The second kappa shape index (κ2) is 9.79. The SMILES string of the molecule is COc1cccc(CN(C(=O)Cc2cccc(Cl)c2)[C@@H](C)C(=O)NC(C)(C)C)c1. The zero-order valence-corrected chi connectivity index (χ0v) is 18.4. The first-order valence-corrected chi connectivity index (χ1v) is 9.96. The summed E-state index contributed by atoms with van der Waals surface area (Å²) in [6.45, 7) is 7.79. The van der Waals surface area contributed by atoms with Crippen molar-refractivity contribution in [2.24, 2.45) is 0 Å². The second-order valence-electron chi connectivity index (χ2n) is 8.10. The molecule has 2 aromatic carbocycles. The summed E-state index contributed by atoms with van der Waals surface area (Å²) in [6, 6.07) is 14.1. The molecule has 0 heterocycles. The summed E-state index contributed by atoms with van der Waals surface area (Å²) in [5.74, 6) is 0.364. The highest BCUT2D eigenvalue weighted by atomic mass is 35.5. The summed E-state index contributed by atoms with van der Waals surface area (Å²) < 4.78 is 5.28. The number of amides is 2. The van der Waals surface area contributed by atoms with Gasteiger partial charge >= 0.3 is 0 Å². The van der Waals surface area contributed by atoms with E-state index in [0.29, 0.717) is 17.3 Å². The molecule has 29 heavy (non-hydrogen) atoms. The third kappa shape index (κ3) is 7.09. The lowest BCUT2D eigenvalue weighted by molar-refractivity contribution is -0.140. The zero-order chi connectivity index (χ0) is 21.6. The molecule has 2 rings (SSSR count).